The molecule has 0 fully saturated rings. The van der Waals surface area contributed by atoms with Crippen LogP contribution >= 0.6 is 11.6 Å². The highest BCUT2D eigenvalue weighted by Crippen LogP contribution is 2.26. The Hall–Kier alpha value is -3.27. The van der Waals surface area contributed by atoms with Gasteiger partial charge >= 0.3 is 0 Å². The number of primary sulfonamides is 1. The molecule has 8 nitrogen and oxygen atoms in total. The molecular weight excluding hydrogens is 440 g/mol. The van der Waals surface area contributed by atoms with Crippen molar-refractivity contribution < 1.29 is 18.0 Å². The number of rotatable bonds is 7. The topological polar surface area (TPSA) is 131 Å². The van der Waals surface area contributed by atoms with Gasteiger partial charge in [-0.1, -0.05) is 41.9 Å². The minimum Gasteiger partial charge on any atom is -0.352 e. The van der Waals surface area contributed by atoms with Gasteiger partial charge in [0.25, 0.3) is 5.91 Å². The van der Waals surface area contributed by atoms with Crippen molar-refractivity contribution in [3.63, 3.8) is 0 Å². The Morgan fingerprint density at radius 2 is 1.71 bits per heavy atom. The van der Waals surface area contributed by atoms with Crippen molar-refractivity contribution in [3.05, 3.63) is 77.4 Å². The molecule has 2 aromatic carbocycles. The predicted octanol–water partition coefficient (Wildman–Crippen LogP) is 2.81. The fraction of sp³-hybridized carbons (Fsp3) is 0.0952. The van der Waals surface area contributed by atoms with Gasteiger partial charge in [-0.25, -0.2) is 18.5 Å². The number of sulfonamides is 1. The summed E-state index contributed by atoms with van der Waals surface area (Å²) >= 11 is 5.74. The number of carbonyl (C=O) groups is 2. The zero-order valence-corrected chi connectivity index (χ0v) is 17.8. The van der Waals surface area contributed by atoms with Gasteiger partial charge in [0.2, 0.25) is 15.9 Å². The van der Waals surface area contributed by atoms with E-state index in [-0.39, 0.29) is 29.7 Å². The molecule has 10 heteroatoms. The number of pyridine rings is 1. The molecule has 0 bridgehead atoms. The second-order valence-electron chi connectivity index (χ2n) is 6.53. The normalized spacial score (nSPS) is 11.0. The third kappa shape index (κ3) is 6.11. The Bertz CT molecular complexity index is 1200. The first kappa shape index (κ1) is 22.4. The number of aromatic nitrogens is 1. The summed E-state index contributed by atoms with van der Waals surface area (Å²) in [5.74, 6) is -0.287. The second kappa shape index (κ2) is 9.69. The summed E-state index contributed by atoms with van der Waals surface area (Å²) in [6.45, 7) is 0.133. The van der Waals surface area contributed by atoms with Gasteiger partial charge in [-0.15, -0.1) is 0 Å². The lowest BCUT2D eigenvalue weighted by Crippen LogP contribution is -2.27. The van der Waals surface area contributed by atoms with E-state index in [1.807, 2.05) is 0 Å². The first-order valence-electron chi connectivity index (χ1n) is 9.16. The van der Waals surface area contributed by atoms with Gasteiger partial charge in [0, 0.05) is 30.3 Å². The molecule has 2 amide bonds. The van der Waals surface area contributed by atoms with Crippen LogP contribution in [0.3, 0.4) is 0 Å². The fourth-order valence-corrected chi connectivity index (χ4v) is 3.67. The maximum atomic E-state index is 12.3. The molecule has 3 rings (SSSR count). The highest BCUT2D eigenvalue weighted by molar-refractivity contribution is 7.89. The number of nitrogens with two attached hydrogens (primary N) is 1. The average Bonchev–Trinajstić information content (AvgIpc) is 2.75. The van der Waals surface area contributed by atoms with Crippen LogP contribution < -0.4 is 15.8 Å². The van der Waals surface area contributed by atoms with Gasteiger partial charge in [0.1, 0.15) is 5.82 Å². The van der Waals surface area contributed by atoms with Crippen LogP contribution in [0.4, 0.5) is 5.82 Å². The van der Waals surface area contributed by atoms with Crippen molar-refractivity contribution >= 4 is 39.3 Å². The van der Waals surface area contributed by atoms with Crippen LogP contribution in [0.2, 0.25) is 5.02 Å². The van der Waals surface area contributed by atoms with Crippen molar-refractivity contribution in [3.8, 4) is 11.1 Å². The number of nitrogens with zero attached hydrogens (tertiary/aromatic N) is 1. The van der Waals surface area contributed by atoms with Gasteiger partial charge in [-0.2, -0.15) is 0 Å². The Labute approximate surface area is 184 Å². The Kier molecular flexibility index (Phi) is 7.01. The molecule has 0 radical (unpaired) electrons. The quantitative estimate of drug-likeness (QED) is 0.501. The van der Waals surface area contributed by atoms with Crippen LogP contribution in [0.15, 0.2) is 71.8 Å². The average molecular weight is 459 g/mol. The van der Waals surface area contributed by atoms with Crippen molar-refractivity contribution in [1.82, 2.24) is 10.3 Å². The summed E-state index contributed by atoms with van der Waals surface area (Å²) in [7, 11) is -3.88. The highest BCUT2D eigenvalue weighted by Gasteiger charge is 2.15. The summed E-state index contributed by atoms with van der Waals surface area (Å²) in [5, 5.41) is 11.0. The van der Waals surface area contributed by atoms with Gasteiger partial charge < -0.3 is 10.6 Å². The zero-order chi connectivity index (χ0) is 22.4. The second-order valence-corrected chi connectivity index (χ2v) is 8.50. The summed E-state index contributed by atoms with van der Waals surface area (Å²) in [5.41, 5.74) is 1.43. The van der Waals surface area contributed by atoms with Crippen molar-refractivity contribution in [2.24, 2.45) is 5.14 Å². The van der Waals surface area contributed by atoms with E-state index in [0.29, 0.717) is 27.5 Å². The highest BCUT2D eigenvalue weighted by atomic mass is 35.5. The standard InChI is InChI=1S/C21H19ClN4O4S/c22-16-9-10-19(25-13-16)26-20(27)11-12-24-21(28)15-7-5-14(6-8-15)17-3-1-2-4-18(17)31(23,29)30/h1-10,13H,11-12H2,(H,24,28)(H2,23,29,30)(H,25,26,27). The van der Waals surface area contributed by atoms with Gasteiger partial charge in [0.15, 0.2) is 0 Å². The number of amides is 2. The number of hydrogen-bond donors (Lipinski definition) is 3. The van der Waals surface area contributed by atoms with Gasteiger partial charge in [-0.3, -0.25) is 9.59 Å². The molecule has 0 atom stereocenters. The molecule has 160 valence electrons. The molecule has 0 saturated heterocycles. The molecule has 3 aromatic rings. The molecule has 0 saturated carbocycles. The van der Waals surface area contributed by atoms with Gasteiger partial charge in [-0.05, 0) is 35.9 Å². The molecule has 1 heterocycles. The van der Waals surface area contributed by atoms with E-state index in [0.717, 1.165) is 0 Å². The molecule has 31 heavy (non-hydrogen) atoms. The lowest BCUT2D eigenvalue weighted by atomic mass is 10.0. The van der Waals surface area contributed by atoms with E-state index in [1.54, 1.807) is 54.6 Å². The van der Waals surface area contributed by atoms with Crippen molar-refractivity contribution in [2.45, 2.75) is 11.3 Å². The minimum atomic E-state index is -3.88. The van der Waals surface area contributed by atoms with Crippen LogP contribution in [-0.4, -0.2) is 31.8 Å². The van der Waals surface area contributed by atoms with E-state index in [2.05, 4.69) is 15.6 Å². The van der Waals surface area contributed by atoms with Crippen LogP contribution in [0.5, 0.6) is 0 Å². The molecule has 1 aromatic heterocycles. The first-order valence-corrected chi connectivity index (χ1v) is 11.1. The molecule has 0 aliphatic heterocycles. The molecule has 4 N–H and O–H groups in total. The lowest BCUT2D eigenvalue weighted by Gasteiger charge is -2.09. The first-order chi connectivity index (χ1) is 14.7. The summed E-state index contributed by atoms with van der Waals surface area (Å²) < 4.78 is 23.6. The van der Waals surface area contributed by atoms with Gasteiger partial charge in [0.05, 0.1) is 9.92 Å². The maximum Gasteiger partial charge on any atom is 0.251 e. The number of hydrogen-bond acceptors (Lipinski definition) is 5. The number of nitrogens with one attached hydrogen (secondary N) is 2. The number of carbonyl (C=O) groups excluding carboxylic acids is 2. The summed E-state index contributed by atoms with van der Waals surface area (Å²) in [6, 6.07) is 16.0. The van der Waals surface area contributed by atoms with Crippen LogP contribution in [0.1, 0.15) is 16.8 Å². The van der Waals surface area contributed by atoms with E-state index in [4.69, 9.17) is 16.7 Å². The van der Waals surface area contributed by atoms with Crippen LogP contribution in [0.25, 0.3) is 11.1 Å². The molecular formula is C21H19ClN4O4S. The van der Waals surface area contributed by atoms with E-state index in [1.165, 1.54) is 12.3 Å². The Morgan fingerprint density at radius 1 is 1.00 bits per heavy atom. The molecule has 0 aliphatic rings. The molecule has 0 unspecified atom stereocenters. The Morgan fingerprint density at radius 3 is 2.35 bits per heavy atom. The Balaban J connectivity index is 1.57. The van der Waals surface area contributed by atoms with Crippen LogP contribution in [0, 0.1) is 0 Å². The molecule has 0 spiro atoms. The number of halogens is 1. The van der Waals surface area contributed by atoms with E-state index in [9.17, 15) is 18.0 Å². The zero-order valence-electron chi connectivity index (χ0n) is 16.2. The summed E-state index contributed by atoms with van der Waals surface area (Å²) in [6.07, 6.45) is 1.49. The lowest BCUT2D eigenvalue weighted by molar-refractivity contribution is -0.116. The SMILES string of the molecule is NS(=O)(=O)c1ccccc1-c1ccc(C(=O)NCCC(=O)Nc2ccc(Cl)cn2)cc1. The van der Waals surface area contributed by atoms with Crippen molar-refractivity contribution in [2.75, 3.05) is 11.9 Å². The van der Waals surface area contributed by atoms with Crippen molar-refractivity contribution in [1.29, 1.82) is 0 Å². The number of benzene rings is 2. The number of anilines is 1. The fourth-order valence-electron chi connectivity index (χ4n) is 2.80. The third-order valence-electron chi connectivity index (χ3n) is 4.28. The minimum absolute atomic E-state index is 0.00777. The summed E-state index contributed by atoms with van der Waals surface area (Å²) in [4.78, 5) is 28.2. The monoisotopic (exact) mass is 458 g/mol. The smallest absolute Gasteiger partial charge is 0.251 e. The van der Waals surface area contributed by atoms with E-state index >= 15 is 0 Å². The predicted molar refractivity (Wildman–Crippen MR) is 118 cm³/mol. The largest absolute Gasteiger partial charge is 0.352 e. The maximum absolute atomic E-state index is 12.3. The van der Waals surface area contributed by atoms with Crippen LogP contribution in [-0.2, 0) is 14.8 Å². The molecule has 0 aliphatic carbocycles. The third-order valence-corrected chi connectivity index (χ3v) is 5.48. The van der Waals surface area contributed by atoms with E-state index < -0.39 is 10.0 Å².